The predicted octanol–water partition coefficient (Wildman–Crippen LogP) is 11.8. The van der Waals surface area contributed by atoms with Crippen molar-refractivity contribution in [3.63, 3.8) is 0 Å². The van der Waals surface area contributed by atoms with Gasteiger partial charge < -0.3 is 9.05 Å². The first-order chi connectivity index (χ1) is 18.2. The lowest BCUT2D eigenvalue weighted by Gasteiger charge is -2.27. The van der Waals surface area contributed by atoms with Crippen LogP contribution in [-0.4, -0.2) is 0 Å². The summed E-state index contributed by atoms with van der Waals surface area (Å²) in [5.41, 5.74) is 4.90. The maximum Gasteiger partial charge on any atom is 0.505 e. The summed E-state index contributed by atoms with van der Waals surface area (Å²) >= 11 is 0. The molecule has 1 heterocycles. The van der Waals surface area contributed by atoms with Gasteiger partial charge in [-0.1, -0.05) is 122 Å². The first-order valence-corrected chi connectivity index (χ1v) is 16.3. The summed E-state index contributed by atoms with van der Waals surface area (Å²) in [4.78, 5) is 0. The third kappa shape index (κ3) is 9.90. The summed E-state index contributed by atoms with van der Waals surface area (Å²) < 4.78 is 26.2. The van der Waals surface area contributed by atoms with Crippen molar-refractivity contribution in [1.82, 2.24) is 0 Å². The number of fused-ring (bicyclic) bond motifs is 2. The van der Waals surface area contributed by atoms with Crippen LogP contribution in [0.3, 0.4) is 0 Å². The summed E-state index contributed by atoms with van der Waals surface area (Å²) in [6.45, 7) is 6.74. The molecule has 4 heteroatoms. The highest BCUT2D eigenvalue weighted by atomic mass is 31.2. The molecule has 0 unspecified atom stereocenters. The van der Waals surface area contributed by atoms with E-state index in [-0.39, 0.29) is 5.92 Å². The Hall–Kier alpha value is -1.60. The fraction of sp³-hybridized carbons (Fsp3) is 0.636. The number of aryl methyl sites for hydroxylation is 2. The van der Waals surface area contributed by atoms with Gasteiger partial charge in [0.2, 0.25) is 0 Å². The van der Waals surface area contributed by atoms with Crippen LogP contribution in [0, 0.1) is 0 Å². The molecule has 1 aliphatic rings. The zero-order chi connectivity index (χ0) is 26.3. The fourth-order valence-corrected chi connectivity index (χ4v) is 6.25. The Kier molecular flexibility index (Phi) is 13.8. The molecule has 0 saturated heterocycles. The normalized spacial score (nSPS) is 16.8. The third-order valence-electron chi connectivity index (χ3n) is 7.79. The molecule has 206 valence electrons. The first-order valence-electron chi connectivity index (χ1n) is 15.2. The molecular formula is C33H50FO2P. The quantitative estimate of drug-likeness (QED) is 0.150. The summed E-state index contributed by atoms with van der Waals surface area (Å²) in [6, 6.07) is 12.7. The molecule has 0 spiro atoms. The second-order valence-electron chi connectivity index (χ2n) is 10.8. The zero-order valence-corrected chi connectivity index (χ0v) is 24.6. The Balaban J connectivity index is 1.68. The Bertz CT molecular complexity index is 844. The molecule has 0 aliphatic carbocycles. The van der Waals surface area contributed by atoms with E-state index in [1.165, 1.54) is 101 Å². The lowest BCUT2D eigenvalue weighted by molar-refractivity contribution is 0.422. The van der Waals surface area contributed by atoms with E-state index in [0.29, 0.717) is 11.5 Å². The second-order valence-corrected chi connectivity index (χ2v) is 11.6. The highest BCUT2D eigenvalue weighted by molar-refractivity contribution is 7.42. The van der Waals surface area contributed by atoms with Crippen molar-refractivity contribution in [2.24, 2.45) is 0 Å². The Morgan fingerprint density at radius 1 is 0.595 bits per heavy atom. The number of benzene rings is 2. The van der Waals surface area contributed by atoms with E-state index < -0.39 is 8.69 Å². The summed E-state index contributed by atoms with van der Waals surface area (Å²) in [5, 5.41) is 0. The molecular weight excluding hydrogens is 478 g/mol. The Morgan fingerprint density at radius 2 is 1.00 bits per heavy atom. The molecule has 0 bridgehead atoms. The van der Waals surface area contributed by atoms with Gasteiger partial charge in [-0.3, -0.25) is 0 Å². The van der Waals surface area contributed by atoms with Crippen molar-refractivity contribution >= 4 is 8.69 Å². The van der Waals surface area contributed by atoms with Gasteiger partial charge in [-0.25, -0.2) is 0 Å². The third-order valence-corrected chi connectivity index (χ3v) is 8.47. The van der Waals surface area contributed by atoms with Crippen LogP contribution in [0.2, 0.25) is 0 Å². The monoisotopic (exact) mass is 528 g/mol. The maximum absolute atomic E-state index is 14.8. The molecule has 0 saturated carbocycles. The number of hydrogen-bond acceptors (Lipinski definition) is 2. The molecule has 0 atom stereocenters. The number of unbranched alkanes of at least 4 members (excludes halogenated alkanes) is 12. The molecule has 0 fully saturated rings. The average Bonchev–Trinajstić information content (AvgIpc) is 2.89. The van der Waals surface area contributed by atoms with E-state index in [1.54, 1.807) is 0 Å². The van der Waals surface area contributed by atoms with Crippen LogP contribution >= 0.6 is 8.69 Å². The van der Waals surface area contributed by atoms with Crippen molar-refractivity contribution in [2.75, 3.05) is 0 Å². The fourth-order valence-electron chi connectivity index (χ4n) is 5.57. The van der Waals surface area contributed by atoms with Gasteiger partial charge in [0.1, 0.15) is 11.5 Å². The highest BCUT2D eigenvalue weighted by Crippen LogP contribution is 2.51. The first kappa shape index (κ1) is 29.9. The number of halogens is 1. The van der Waals surface area contributed by atoms with Gasteiger partial charge in [0.25, 0.3) is 0 Å². The van der Waals surface area contributed by atoms with Crippen LogP contribution in [0.25, 0.3) is 0 Å². The van der Waals surface area contributed by atoms with Gasteiger partial charge in [-0.05, 0) is 55.4 Å². The van der Waals surface area contributed by atoms with Gasteiger partial charge in [0.05, 0.1) is 0 Å². The minimum absolute atomic E-state index is 0.150. The second kappa shape index (κ2) is 17.1. The lowest BCUT2D eigenvalue weighted by atomic mass is 9.85. The zero-order valence-electron chi connectivity index (χ0n) is 23.7. The SMILES string of the molecule is CCCCCCCCCc1ccc2c(c1)C(CC)c1cc(CCCCCCCCC)ccc1OP(F)O2. The minimum Gasteiger partial charge on any atom is -0.414 e. The van der Waals surface area contributed by atoms with E-state index in [9.17, 15) is 4.20 Å². The molecule has 2 aromatic rings. The van der Waals surface area contributed by atoms with Crippen molar-refractivity contribution in [3.05, 3.63) is 58.7 Å². The number of rotatable bonds is 17. The standard InChI is InChI=1S/C33H50FO2P/c1-4-7-9-11-13-15-17-19-27-21-23-32-30(25-27)29(6-3)31-26-28(20-18-16-14-12-10-8-5-2)22-24-33(31)36-37(34)35-32/h21-26,29H,4-20H2,1-3H3. The predicted molar refractivity (Wildman–Crippen MR) is 158 cm³/mol. The van der Waals surface area contributed by atoms with E-state index in [4.69, 9.17) is 9.05 Å². The van der Waals surface area contributed by atoms with Crippen molar-refractivity contribution in [1.29, 1.82) is 0 Å². The largest absolute Gasteiger partial charge is 0.505 e. The van der Waals surface area contributed by atoms with E-state index in [2.05, 4.69) is 45.0 Å². The maximum atomic E-state index is 14.8. The van der Waals surface area contributed by atoms with Crippen LogP contribution < -0.4 is 9.05 Å². The Morgan fingerprint density at radius 3 is 1.41 bits per heavy atom. The van der Waals surface area contributed by atoms with Crippen LogP contribution in [0.5, 0.6) is 11.5 Å². The van der Waals surface area contributed by atoms with Crippen molar-refractivity contribution in [2.45, 2.75) is 136 Å². The van der Waals surface area contributed by atoms with E-state index >= 15 is 0 Å². The molecule has 0 N–H and O–H groups in total. The van der Waals surface area contributed by atoms with E-state index in [1.807, 2.05) is 12.1 Å². The van der Waals surface area contributed by atoms with Crippen LogP contribution in [0.4, 0.5) is 4.20 Å². The lowest BCUT2D eigenvalue weighted by Crippen LogP contribution is -2.09. The summed E-state index contributed by atoms with van der Waals surface area (Å²) in [5.74, 6) is 1.44. The van der Waals surface area contributed by atoms with Crippen molar-refractivity contribution in [3.8, 4) is 11.5 Å². The van der Waals surface area contributed by atoms with Gasteiger partial charge in [0.15, 0.2) is 0 Å². The van der Waals surface area contributed by atoms with Gasteiger partial charge in [-0.15, -0.1) is 4.20 Å². The van der Waals surface area contributed by atoms with Gasteiger partial charge in [0, 0.05) is 17.0 Å². The van der Waals surface area contributed by atoms with Gasteiger partial charge in [-0.2, -0.15) is 0 Å². The van der Waals surface area contributed by atoms with Gasteiger partial charge >= 0.3 is 8.69 Å². The van der Waals surface area contributed by atoms with Crippen LogP contribution in [0.15, 0.2) is 36.4 Å². The molecule has 2 aromatic carbocycles. The van der Waals surface area contributed by atoms with E-state index in [0.717, 1.165) is 30.4 Å². The van der Waals surface area contributed by atoms with Crippen molar-refractivity contribution < 1.29 is 13.2 Å². The number of hydrogen-bond donors (Lipinski definition) is 0. The molecule has 0 amide bonds. The molecule has 0 radical (unpaired) electrons. The van der Waals surface area contributed by atoms with Crippen LogP contribution in [0.1, 0.15) is 145 Å². The summed E-state index contributed by atoms with van der Waals surface area (Å²) in [6.07, 6.45) is 21.4. The topological polar surface area (TPSA) is 18.5 Å². The smallest absolute Gasteiger partial charge is 0.414 e. The molecule has 0 aromatic heterocycles. The molecule has 2 nitrogen and oxygen atoms in total. The molecule has 3 rings (SSSR count). The average molecular weight is 529 g/mol. The Labute approximate surface area is 227 Å². The summed E-state index contributed by atoms with van der Waals surface area (Å²) in [7, 11) is -2.49. The molecule has 1 aliphatic heterocycles. The highest BCUT2D eigenvalue weighted by Gasteiger charge is 2.29. The molecule has 37 heavy (non-hydrogen) atoms. The minimum atomic E-state index is -2.49. The van der Waals surface area contributed by atoms with Crippen LogP contribution in [-0.2, 0) is 12.8 Å².